The molecule has 27 heavy (non-hydrogen) atoms. The van der Waals surface area contributed by atoms with Crippen LogP contribution in [0.15, 0.2) is 11.2 Å². The highest BCUT2D eigenvalue weighted by Gasteiger charge is 2.22. The van der Waals surface area contributed by atoms with Gasteiger partial charge in [-0.2, -0.15) is 5.10 Å². The molecule has 10 heteroatoms. The van der Waals surface area contributed by atoms with Crippen LogP contribution < -0.4 is 15.5 Å². The molecule has 2 aromatic heterocycles. The Morgan fingerprint density at radius 2 is 2.19 bits per heavy atom. The Labute approximate surface area is 177 Å². The first kappa shape index (κ1) is 21.5. The fraction of sp³-hybridized carbons (Fsp3) is 0.647. The van der Waals surface area contributed by atoms with E-state index in [0.29, 0.717) is 12.6 Å². The Kier molecular flexibility index (Phi) is 7.45. The molecule has 1 atom stereocenters. The van der Waals surface area contributed by atoms with Gasteiger partial charge in [0.1, 0.15) is 5.82 Å². The van der Waals surface area contributed by atoms with Gasteiger partial charge in [0.05, 0.1) is 25.0 Å². The molecule has 0 spiro atoms. The minimum Gasteiger partial charge on any atom is -0.352 e. The highest BCUT2D eigenvalue weighted by molar-refractivity contribution is 14.0. The predicted octanol–water partition coefficient (Wildman–Crippen LogP) is 0.938. The molecule has 0 saturated heterocycles. The third kappa shape index (κ3) is 4.90. The average Bonchev–Trinajstić information content (AvgIpc) is 3.21. The Morgan fingerprint density at radius 1 is 1.41 bits per heavy atom. The summed E-state index contributed by atoms with van der Waals surface area (Å²) in [4.78, 5) is 15.4. The van der Waals surface area contributed by atoms with Gasteiger partial charge in [-0.3, -0.25) is 4.99 Å². The van der Waals surface area contributed by atoms with Gasteiger partial charge in [0.2, 0.25) is 5.95 Å². The first-order chi connectivity index (χ1) is 12.5. The number of fused-ring (bicyclic) bond motifs is 1. The fourth-order valence-electron chi connectivity index (χ4n) is 3.20. The van der Waals surface area contributed by atoms with Crippen LogP contribution in [0.1, 0.15) is 30.7 Å². The zero-order chi connectivity index (χ0) is 18.7. The van der Waals surface area contributed by atoms with Crippen molar-refractivity contribution in [1.82, 2.24) is 34.9 Å². The molecule has 3 heterocycles. The topological polar surface area (TPSA) is 88.2 Å². The van der Waals surface area contributed by atoms with E-state index in [1.807, 2.05) is 36.9 Å². The van der Waals surface area contributed by atoms with Crippen LogP contribution in [0.5, 0.6) is 0 Å². The van der Waals surface area contributed by atoms with Gasteiger partial charge in [0.15, 0.2) is 11.8 Å². The third-order valence-corrected chi connectivity index (χ3v) is 4.68. The first-order valence-electron chi connectivity index (χ1n) is 9.09. The number of nitrogens with zero attached hydrogens (tertiary/aromatic N) is 7. The lowest BCUT2D eigenvalue weighted by Crippen LogP contribution is -2.47. The minimum absolute atomic E-state index is 0. The smallest absolute Gasteiger partial charge is 0.204 e. The summed E-state index contributed by atoms with van der Waals surface area (Å²) in [6.07, 6.45) is 4.74. The van der Waals surface area contributed by atoms with Gasteiger partial charge < -0.3 is 20.1 Å². The molecule has 150 valence electrons. The Hall–Kier alpha value is -1.85. The number of anilines is 1. The maximum atomic E-state index is 4.57. The maximum Gasteiger partial charge on any atom is 0.204 e. The van der Waals surface area contributed by atoms with Crippen molar-refractivity contribution in [3.8, 4) is 0 Å². The van der Waals surface area contributed by atoms with Crippen molar-refractivity contribution >= 4 is 35.9 Å². The number of hydrogen-bond acceptors (Lipinski definition) is 5. The van der Waals surface area contributed by atoms with Crippen molar-refractivity contribution in [3.05, 3.63) is 23.5 Å². The summed E-state index contributed by atoms with van der Waals surface area (Å²) >= 11 is 0. The predicted molar refractivity (Wildman–Crippen MR) is 118 cm³/mol. The summed E-state index contributed by atoms with van der Waals surface area (Å²) < 4.78 is 4.10. The second-order valence-electron chi connectivity index (χ2n) is 6.79. The molecule has 0 saturated carbocycles. The summed E-state index contributed by atoms with van der Waals surface area (Å²) in [5.41, 5.74) is 1.10. The van der Waals surface area contributed by atoms with E-state index >= 15 is 0 Å². The molecule has 9 nitrogen and oxygen atoms in total. The summed E-state index contributed by atoms with van der Waals surface area (Å²) in [5.74, 6) is 3.74. The van der Waals surface area contributed by atoms with Crippen LogP contribution in [0, 0.1) is 0 Å². The van der Waals surface area contributed by atoms with E-state index in [9.17, 15) is 0 Å². The zero-order valence-corrected chi connectivity index (χ0v) is 19.1. The third-order valence-electron chi connectivity index (χ3n) is 4.68. The maximum absolute atomic E-state index is 4.57. The van der Waals surface area contributed by atoms with Crippen molar-refractivity contribution in [2.24, 2.45) is 12.0 Å². The number of halogens is 1. The fourth-order valence-corrected chi connectivity index (χ4v) is 3.20. The van der Waals surface area contributed by atoms with E-state index in [2.05, 4.69) is 42.2 Å². The number of nitrogens with one attached hydrogen (secondary N) is 2. The molecule has 3 rings (SSSR count). The second kappa shape index (κ2) is 9.38. The van der Waals surface area contributed by atoms with E-state index in [4.69, 9.17) is 0 Å². The molecule has 1 unspecified atom stereocenters. The molecule has 0 bridgehead atoms. The van der Waals surface area contributed by atoms with E-state index in [1.165, 1.54) is 0 Å². The number of aliphatic imine (C=N–C) groups is 1. The molecule has 0 amide bonds. The normalized spacial score (nSPS) is 16.5. The summed E-state index contributed by atoms with van der Waals surface area (Å²) in [6.45, 7) is 3.57. The molecule has 0 aliphatic carbocycles. The van der Waals surface area contributed by atoms with Crippen LogP contribution in [0.2, 0.25) is 0 Å². The van der Waals surface area contributed by atoms with Crippen LogP contribution in [-0.2, 0) is 33.0 Å². The van der Waals surface area contributed by atoms with Crippen LogP contribution in [0.3, 0.4) is 0 Å². The number of aromatic nitrogens is 5. The number of hydrogen-bond donors (Lipinski definition) is 2. The van der Waals surface area contributed by atoms with Crippen LogP contribution >= 0.6 is 24.0 Å². The SMILES string of the molecule is CCc1nc2n(n1)CC(NC(=NC)NCc1cnc(N(C)C)n1C)CC2.I. The quantitative estimate of drug-likeness (QED) is 0.371. The van der Waals surface area contributed by atoms with Crippen LogP contribution in [0.25, 0.3) is 0 Å². The Balaban J connectivity index is 0.00000261. The lowest BCUT2D eigenvalue weighted by molar-refractivity contribution is 0.392. The first-order valence-corrected chi connectivity index (χ1v) is 9.09. The molecular weight excluding hydrogens is 457 g/mol. The number of imidazole rings is 1. The van der Waals surface area contributed by atoms with Crippen molar-refractivity contribution in [1.29, 1.82) is 0 Å². The number of aryl methyl sites for hydroxylation is 2. The Morgan fingerprint density at radius 3 is 2.81 bits per heavy atom. The summed E-state index contributed by atoms with van der Waals surface area (Å²) in [6, 6.07) is 0.295. The Bertz CT molecular complexity index is 777. The van der Waals surface area contributed by atoms with Crippen LogP contribution in [0.4, 0.5) is 5.95 Å². The molecule has 2 N–H and O–H groups in total. The van der Waals surface area contributed by atoms with Gasteiger partial charge in [-0.15, -0.1) is 24.0 Å². The lowest BCUT2D eigenvalue weighted by atomic mass is 10.1. The van der Waals surface area contributed by atoms with Crippen LogP contribution in [-0.4, -0.2) is 57.5 Å². The van der Waals surface area contributed by atoms with Crippen molar-refractivity contribution in [3.63, 3.8) is 0 Å². The van der Waals surface area contributed by atoms with Gasteiger partial charge in [-0.1, -0.05) is 6.92 Å². The minimum atomic E-state index is 0. The monoisotopic (exact) mass is 487 g/mol. The van der Waals surface area contributed by atoms with Gasteiger partial charge in [0.25, 0.3) is 0 Å². The largest absolute Gasteiger partial charge is 0.352 e. The van der Waals surface area contributed by atoms with E-state index in [0.717, 1.165) is 55.1 Å². The number of rotatable bonds is 5. The van der Waals surface area contributed by atoms with Gasteiger partial charge in [0, 0.05) is 47.1 Å². The van der Waals surface area contributed by atoms with E-state index < -0.39 is 0 Å². The van der Waals surface area contributed by atoms with Gasteiger partial charge in [-0.05, 0) is 6.42 Å². The molecule has 2 aromatic rings. The summed E-state index contributed by atoms with van der Waals surface area (Å²) in [7, 11) is 7.80. The highest BCUT2D eigenvalue weighted by atomic mass is 127. The molecular formula is C17H30IN9. The van der Waals surface area contributed by atoms with Gasteiger partial charge >= 0.3 is 0 Å². The highest BCUT2D eigenvalue weighted by Crippen LogP contribution is 2.14. The van der Waals surface area contributed by atoms with Crippen molar-refractivity contribution in [2.75, 3.05) is 26.0 Å². The molecule has 0 aromatic carbocycles. The molecule has 1 aliphatic rings. The average molecular weight is 487 g/mol. The molecule has 0 fully saturated rings. The van der Waals surface area contributed by atoms with Crippen molar-refractivity contribution in [2.45, 2.75) is 45.3 Å². The standard InChI is InChI=1S/C17H29N9.HI/c1-6-14-22-15-8-7-12(11-26(15)23-14)21-16(18-2)19-9-13-10-20-17(24(3)4)25(13)5;/h10,12H,6-9,11H2,1-5H3,(H2,18,19,21);1H. The lowest BCUT2D eigenvalue weighted by Gasteiger charge is -2.25. The van der Waals surface area contributed by atoms with E-state index in [-0.39, 0.29) is 24.0 Å². The number of guanidine groups is 1. The summed E-state index contributed by atoms with van der Waals surface area (Å²) in [5, 5.41) is 11.5. The van der Waals surface area contributed by atoms with Gasteiger partial charge in [-0.25, -0.2) is 14.6 Å². The molecule has 1 aliphatic heterocycles. The second-order valence-corrected chi connectivity index (χ2v) is 6.79. The zero-order valence-electron chi connectivity index (χ0n) is 16.7. The van der Waals surface area contributed by atoms with Crippen molar-refractivity contribution < 1.29 is 0 Å². The van der Waals surface area contributed by atoms with E-state index in [1.54, 1.807) is 7.05 Å². The molecule has 0 radical (unpaired) electrons.